The van der Waals surface area contributed by atoms with Crippen molar-refractivity contribution in [2.75, 3.05) is 46.6 Å². The Bertz CT molecular complexity index is 188. The van der Waals surface area contributed by atoms with E-state index in [2.05, 4.69) is 12.2 Å². The number of hydrogen-bond donors (Lipinski definition) is 1. The second-order valence-electron chi connectivity index (χ2n) is 4.01. The fourth-order valence-electron chi connectivity index (χ4n) is 1.30. The Balaban J connectivity index is 3.08. The van der Waals surface area contributed by atoms with Crippen LogP contribution in [-0.4, -0.2) is 52.6 Å². The van der Waals surface area contributed by atoms with Crippen LogP contribution in [0.1, 0.15) is 32.6 Å². The highest BCUT2D eigenvalue weighted by Gasteiger charge is 2.01. The maximum atomic E-state index is 11.2. The number of nitrogens with one attached hydrogen (secondary N) is 1. The predicted molar refractivity (Wildman–Crippen MR) is 70.7 cm³/mol. The summed E-state index contributed by atoms with van der Waals surface area (Å²) in [5.41, 5.74) is 0. The molecule has 0 radical (unpaired) electrons. The number of esters is 1. The molecule has 0 unspecified atom stereocenters. The smallest absolute Gasteiger partial charge is 0.305 e. The molecule has 0 bridgehead atoms. The van der Waals surface area contributed by atoms with Crippen molar-refractivity contribution in [3.63, 3.8) is 0 Å². The van der Waals surface area contributed by atoms with Crippen molar-refractivity contribution in [3.05, 3.63) is 0 Å². The Morgan fingerprint density at radius 2 is 1.67 bits per heavy atom. The maximum absolute atomic E-state index is 11.2. The first-order chi connectivity index (χ1) is 8.81. The van der Waals surface area contributed by atoms with Gasteiger partial charge in [-0.15, -0.1) is 0 Å². The Morgan fingerprint density at radius 3 is 2.33 bits per heavy atom. The molecular formula is C13H27NO4. The van der Waals surface area contributed by atoms with Gasteiger partial charge in [0.2, 0.25) is 0 Å². The van der Waals surface area contributed by atoms with Crippen LogP contribution in [0.2, 0.25) is 0 Å². The zero-order chi connectivity index (χ0) is 13.5. The summed E-state index contributed by atoms with van der Waals surface area (Å²) in [5.74, 6) is -0.127. The van der Waals surface area contributed by atoms with Crippen molar-refractivity contribution in [1.82, 2.24) is 5.32 Å². The molecule has 0 aromatic rings. The molecule has 0 aliphatic rings. The topological polar surface area (TPSA) is 56.8 Å². The molecule has 0 aliphatic carbocycles. The van der Waals surface area contributed by atoms with Crippen molar-refractivity contribution in [2.45, 2.75) is 32.6 Å². The van der Waals surface area contributed by atoms with Crippen LogP contribution in [0, 0.1) is 0 Å². The number of rotatable bonds is 13. The number of likely N-dealkylation sites (N-methyl/N-ethyl adjacent to an activating group) is 1. The van der Waals surface area contributed by atoms with Gasteiger partial charge < -0.3 is 19.5 Å². The minimum atomic E-state index is -0.127. The fraction of sp³-hybridized carbons (Fsp3) is 0.923. The van der Waals surface area contributed by atoms with E-state index in [9.17, 15) is 4.79 Å². The molecule has 0 saturated heterocycles. The first-order valence-corrected chi connectivity index (χ1v) is 6.77. The number of carbonyl (C=O) groups is 1. The van der Waals surface area contributed by atoms with Crippen LogP contribution in [0.4, 0.5) is 0 Å². The fourth-order valence-corrected chi connectivity index (χ4v) is 1.30. The lowest BCUT2D eigenvalue weighted by Crippen LogP contribution is -2.17. The van der Waals surface area contributed by atoms with Crippen LogP contribution in [0.25, 0.3) is 0 Å². The van der Waals surface area contributed by atoms with E-state index in [1.165, 1.54) is 0 Å². The highest BCUT2D eigenvalue weighted by Crippen LogP contribution is 2.00. The van der Waals surface area contributed by atoms with E-state index in [0.29, 0.717) is 39.5 Å². The van der Waals surface area contributed by atoms with Crippen LogP contribution < -0.4 is 5.32 Å². The summed E-state index contributed by atoms with van der Waals surface area (Å²) >= 11 is 0. The molecule has 0 fully saturated rings. The monoisotopic (exact) mass is 261 g/mol. The van der Waals surface area contributed by atoms with Crippen molar-refractivity contribution in [2.24, 2.45) is 0 Å². The Morgan fingerprint density at radius 1 is 1.00 bits per heavy atom. The summed E-state index contributed by atoms with van der Waals surface area (Å²) in [7, 11) is 1.88. The van der Waals surface area contributed by atoms with Crippen molar-refractivity contribution in [1.29, 1.82) is 0 Å². The molecule has 18 heavy (non-hydrogen) atoms. The minimum absolute atomic E-state index is 0.127. The van der Waals surface area contributed by atoms with Gasteiger partial charge >= 0.3 is 5.97 Å². The first kappa shape index (κ1) is 17.4. The SMILES string of the molecule is CCCCCC(=O)OCCOCCOCCNC. The molecule has 0 aliphatic heterocycles. The van der Waals surface area contributed by atoms with Gasteiger partial charge in [0.15, 0.2) is 0 Å². The molecule has 0 heterocycles. The lowest BCUT2D eigenvalue weighted by atomic mass is 10.2. The lowest BCUT2D eigenvalue weighted by molar-refractivity contribution is -0.145. The number of unbranched alkanes of at least 4 members (excludes halogenated alkanes) is 2. The van der Waals surface area contributed by atoms with E-state index in [0.717, 1.165) is 25.8 Å². The van der Waals surface area contributed by atoms with Gasteiger partial charge in [0.05, 0.1) is 26.4 Å². The standard InChI is InChI=1S/C13H27NO4/c1-3-4-5-6-13(15)18-12-11-17-10-9-16-8-7-14-2/h14H,3-12H2,1-2H3. The largest absolute Gasteiger partial charge is 0.463 e. The molecule has 1 N–H and O–H groups in total. The van der Waals surface area contributed by atoms with Gasteiger partial charge in [-0.2, -0.15) is 0 Å². The van der Waals surface area contributed by atoms with Gasteiger partial charge in [0, 0.05) is 13.0 Å². The molecule has 108 valence electrons. The normalized spacial score (nSPS) is 10.6. The summed E-state index contributed by atoms with van der Waals surface area (Å²) in [6, 6.07) is 0. The van der Waals surface area contributed by atoms with Gasteiger partial charge in [0.25, 0.3) is 0 Å². The van der Waals surface area contributed by atoms with E-state index in [4.69, 9.17) is 14.2 Å². The highest BCUT2D eigenvalue weighted by atomic mass is 16.6. The molecular weight excluding hydrogens is 234 g/mol. The lowest BCUT2D eigenvalue weighted by Gasteiger charge is -2.06. The van der Waals surface area contributed by atoms with Crippen molar-refractivity contribution in [3.8, 4) is 0 Å². The maximum Gasteiger partial charge on any atom is 0.305 e. The number of ether oxygens (including phenoxy) is 3. The molecule has 0 atom stereocenters. The Hall–Kier alpha value is -0.650. The third-order valence-corrected chi connectivity index (χ3v) is 2.34. The van der Waals surface area contributed by atoms with Crippen LogP contribution in [0.5, 0.6) is 0 Å². The van der Waals surface area contributed by atoms with Crippen molar-refractivity contribution < 1.29 is 19.0 Å². The Labute approximate surface area is 110 Å². The summed E-state index contributed by atoms with van der Waals surface area (Å²) in [6.45, 7) is 5.53. The summed E-state index contributed by atoms with van der Waals surface area (Å²) < 4.78 is 15.6. The molecule has 5 nitrogen and oxygen atoms in total. The zero-order valence-electron chi connectivity index (χ0n) is 11.7. The van der Waals surface area contributed by atoms with Gasteiger partial charge in [-0.3, -0.25) is 4.79 Å². The number of hydrogen-bond acceptors (Lipinski definition) is 5. The second-order valence-corrected chi connectivity index (χ2v) is 4.01. The molecule has 0 aromatic heterocycles. The average Bonchev–Trinajstić information content (AvgIpc) is 2.37. The van der Waals surface area contributed by atoms with E-state index >= 15 is 0 Å². The third-order valence-electron chi connectivity index (χ3n) is 2.34. The molecule has 0 aromatic carbocycles. The molecule has 5 heteroatoms. The van der Waals surface area contributed by atoms with E-state index in [1.54, 1.807) is 0 Å². The zero-order valence-corrected chi connectivity index (χ0v) is 11.7. The van der Waals surface area contributed by atoms with E-state index < -0.39 is 0 Å². The van der Waals surface area contributed by atoms with Gasteiger partial charge in [-0.25, -0.2) is 0 Å². The van der Waals surface area contributed by atoms with Gasteiger partial charge in [-0.1, -0.05) is 19.8 Å². The van der Waals surface area contributed by atoms with Gasteiger partial charge in [-0.05, 0) is 13.5 Å². The molecule has 0 spiro atoms. The summed E-state index contributed by atoms with van der Waals surface area (Å²) in [6.07, 6.45) is 3.62. The van der Waals surface area contributed by atoms with Gasteiger partial charge in [0.1, 0.15) is 6.61 Å². The van der Waals surface area contributed by atoms with E-state index in [1.807, 2.05) is 7.05 Å². The number of carbonyl (C=O) groups excluding carboxylic acids is 1. The minimum Gasteiger partial charge on any atom is -0.463 e. The van der Waals surface area contributed by atoms with Crippen LogP contribution in [-0.2, 0) is 19.0 Å². The molecule has 0 rings (SSSR count). The highest BCUT2D eigenvalue weighted by molar-refractivity contribution is 5.69. The second kappa shape index (κ2) is 14.4. The van der Waals surface area contributed by atoms with Crippen LogP contribution in [0.15, 0.2) is 0 Å². The quantitative estimate of drug-likeness (QED) is 0.401. The molecule has 0 saturated carbocycles. The predicted octanol–water partition coefficient (Wildman–Crippen LogP) is 1.36. The van der Waals surface area contributed by atoms with Crippen LogP contribution in [0.3, 0.4) is 0 Å². The molecule has 0 amide bonds. The summed E-state index contributed by atoms with van der Waals surface area (Å²) in [4.78, 5) is 11.2. The third kappa shape index (κ3) is 13.4. The summed E-state index contributed by atoms with van der Waals surface area (Å²) in [5, 5.41) is 2.99. The van der Waals surface area contributed by atoms with Crippen LogP contribution >= 0.6 is 0 Å². The van der Waals surface area contributed by atoms with E-state index in [-0.39, 0.29) is 5.97 Å². The average molecular weight is 261 g/mol. The van der Waals surface area contributed by atoms with Crippen molar-refractivity contribution >= 4 is 5.97 Å². The first-order valence-electron chi connectivity index (χ1n) is 6.77. The Kier molecular flexibility index (Phi) is 13.9.